The van der Waals surface area contributed by atoms with Gasteiger partial charge in [-0.05, 0) is 99.8 Å². The number of aromatic nitrogens is 4. The Labute approximate surface area is 385 Å². The van der Waals surface area contributed by atoms with Crippen LogP contribution in [-0.4, -0.2) is 138 Å². The number of carbonyl (C=O) groups is 2. The van der Waals surface area contributed by atoms with E-state index in [4.69, 9.17) is 26.1 Å². The number of hydrogen-bond acceptors (Lipinski definition) is 14. The van der Waals surface area contributed by atoms with Crippen LogP contribution in [0, 0.1) is 22.7 Å². The smallest absolute Gasteiger partial charge is 0.226 e. The predicted molar refractivity (Wildman–Crippen MR) is 250 cm³/mol. The zero-order chi connectivity index (χ0) is 43.3. The third-order valence-corrected chi connectivity index (χ3v) is 17.9. The summed E-state index contributed by atoms with van der Waals surface area (Å²) in [7, 11) is 4.37. The van der Waals surface area contributed by atoms with E-state index in [9.17, 15) is 9.59 Å². The molecular formula is C47H53ClN10O4S2. The van der Waals surface area contributed by atoms with Gasteiger partial charge in [0.15, 0.2) is 0 Å². The molecule has 1 aromatic carbocycles. The number of nitrogens with one attached hydrogen (secondary N) is 1. The van der Waals surface area contributed by atoms with Gasteiger partial charge in [0.2, 0.25) is 11.8 Å². The SMILES string of the molecule is CN(C)C1CCN(c2cc3c(cc2Nc2ncnc4sc5c(c24)CC[C@H](C(=O)N2CC4(COC4)C2)C5)C=NC3)CC1.O=C([C@H]1CCc2c(sc3ncnc(Cl)c23)C1)N1CC2(COC2)C1. The minimum absolute atomic E-state index is 0.0611. The van der Waals surface area contributed by atoms with E-state index in [1.54, 1.807) is 29.0 Å². The summed E-state index contributed by atoms with van der Waals surface area (Å²) < 4.78 is 10.7. The Morgan fingerprint density at radius 2 is 1.36 bits per heavy atom. The van der Waals surface area contributed by atoms with Gasteiger partial charge in [0.25, 0.3) is 0 Å². The number of nitrogens with zero attached hydrogens (tertiary/aromatic N) is 9. The monoisotopic (exact) mass is 920 g/mol. The summed E-state index contributed by atoms with van der Waals surface area (Å²) >= 11 is 9.64. The van der Waals surface area contributed by atoms with Crippen molar-refractivity contribution in [2.24, 2.45) is 27.7 Å². The van der Waals surface area contributed by atoms with Crippen molar-refractivity contribution >= 4 is 89.9 Å². The molecule has 1 N–H and O–H groups in total. The highest BCUT2D eigenvalue weighted by molar-refractivity contribution is 7.19. The molecule has 4 aromatic heterocycles. The van der Waals surface area contributed by atoms with E-state index in [1.807, 2.05) is 11.1 Å². The molecule has 2 aliphatic carbocycles. The highest BCUT2D eigenvalue weighted by Gasteiger charge is 2.53. The van der Waals surface area contributed by atoms with Crippen molar-refractivity contribution in [1.29, 1.82) is 0 Å². The number of fused-ring (bicyclic) bond motifs is 7. The zero-order valence-corrected chi connectivity index (χ0v) is 38.8. The number of aliphatic imine (C=N–C) groups is 1. The Balaban J connectivity index is 0.000000158. The molecule has 5 saturated heterocycles. The first-order valence-corrected chi connectivity index (χ1v) is 24.9. The van der Waals surface area contributed by atoms with Crippen LogP contribution in [0.1, 0.15) is 57.7 Å². The van der Waals surface area contributed by atoms with Crippen molar-refractivity contribution in [3.63, 3.8) is 0 Å². The Hall–Kier alpha value is -4.32. The average Bonchev–Trinajstić information content (AvgIpc) is 3.96. The van der Waals surface area contributed by atoms with Crippen LogP contribution in [0.3, 0.4) is 0 Å². The molecule has 17 heteroatoms. The molecule has 334 valence electrons. The molecule has 2 atom stereocenters. The lowest BCUT2D eigenvalue weighted by molar-refractivity contribution is -0.197. The third kappa shape index (κ3) is 7.09. The second kappa shape index (κ2) is 15.9. The lowest BCUT2D eigenvalue weighted by atomic mass is 9.76. The molecule has 0 unspecified atom stereocenters. The first kappa shape index (κ1) is 41.1. The largest absolute Gasteiger partial charge is 0.380 e. The van der Waals surface area contributed by atoms with E-state index in [1.165, 1.54) is 44.0 Å². The number of piperidine rings is 1. The number of halogens is 1. The van der Waals surface area contributed by atoms with E-state index in [2.05, 4.69) is 66.2 Å². The highest BCUT2D eigenvalue weighted by atomic mass is 35.5. The average molecular weight is 922 g/mol. The fourth-order valence-electron chi connectivity index (χ4n) is 11.5. The van der Waals surface area contributed by atoms with E-state index >= 15 is 0 Å². The molecule has 5 aromatic rings. The molecule has 14 nitrogen and oxygen atoms in total. The molecular weight excluding hydrogens is 868 g/mol. The summed E-state index contributed by atoms with van der Waals surface area (Å²) in [4.78, 5) is 61.9. The number of thiophene rings is 2. The molecule has 64 heavy (non-hydrogen) atoms. The molecule has 0 saturated carbocycles. The van der Waals surface area contributed by atoms with Gasteiger partial charge in [-0.1, -0.05) is 11.6 Å². The van der Waals surface area contributed by atoms with E-state index in [-0.39, 0.29) is 22.7 Å². The van der Waals surface area contributed by atoms with Crippen LogP contribution in [0.15, 0.2) is 29.8 Å². The van der Waals surface area contributed by atoms with Crippen molar-refractivity contribution < 1.29 is 19.1 Å². The lowest BCUT2D eigenvalue weighted by Crippen LogP contribution is -2.68. The number of ether oxygens (including phenoxy) is 2. The number of anilines is 3. The summed E-state index contributed by atoms with van der Waals surface area (Å²) in [6.07, 6.45) is 12.6. The van der Waals surface area contributed by atoms with Crippen LogP contribution in [0.4, 0.5) is 17.2 Å². The van der Waals surface area contributed by atoms with Crippen LogP contribution < -0.4 is 10.2 Å². The second-order valence-electron chi connectivity index (χ2n) is 19.9. The van der Waals surface area contributed by atoms with Crippen LogP contribution in [0.2, 0.25) is 5.15 Å². The van der Waals surface area contributed by atoms with Crippen molar-refractivity contribution in [2.45, 2.75) is 64.0 Å². The highest BCUT2D eigenvalue weighted by Crippen LogP contribution is 2.46. The molecule has 0 radical (unpaired) electrons. The molecule has 2 amide bonds. The van der Waals surface area contributed by atoms with Gasteiger partial charge in [-0.2, -0.15) is 0 Å². The summed E-state index contributed by atoms with van der Waals surface area (Å²) in [6.45, 7) is 9.54. The van der Waals surface area contributed by atoms with Gasteiger partial charge in [-0.3, -0.25) is 14.6 Å². The van der Waals surface area contributed by atoms with Gasteiger partial charge in [0.05, 0.1) is 65.9 Å². The van der Waals surface area contributed by atoms with Gasteiger partial charge >= 0.3 is 0 Å². The standard InChI is InChI=1S/C31H37N7O2S.C16H16ClN3O2S/c1-36(2)22-5-7-37(8-6-22)25-10-21-13-32-12-20(21)9-24(25)35-28-27-23-4-3-19(11-26(23)41-29(27)34-18-33-28)30(39)38-14-31(15-38)16-40-17-31;17-13-12-10-2-1-9(3-11(10)23-14(12)19-8-18-13)15(21)20-4-16(5-20)6-22-7-16/h9-10,12,18-19,22H,3-8,11,13-17H2,1-2H3,(H,33,34,35);8-9H,1-7H2/t19-;9-/m00/s1. The van der Waals surface area contributed by atoms with Crippen molar-refractivity contribution in [2.75, 3.05) is 90.0 Å². The number of hydrogen-bond donors (Lipinski definition) is 1. The van der Waals surface area contributed by atoms with Gasteiger partial charge in [-0.25, -0.2) is 19.9 Å². The minimum atomic E-state index is 0.0611. The van der Waals surface area contributed by atoms with Crippen LogP contribution in [0.25, 0.3) is 20.4 Å². The number of likely N-dealkylation sites (tertiary alicyclic amines) is 2. The number of aryl methyl sites for hydroxylation is 2. The first-order chi connectivity index (χ1) is 31.1. The lowest BCUT2D eigenvalue weighted by Gasteiger charge is -2.55. The Morgan fingerprint density at radius 1 is 0.781 bits per heavy atom. The molecule has 8 aliphatic rings. The maximum atomic E-state index is 13.3. The Kier molecular flexibility index (Phi) is 10.2. The van der Waals surface area contributed by atoms with Crippen LogP contribution in [-0.2, 0) is 51.3 Å². The summed E-state index contributed by atoms with van der Waals surface area (Å²) in [5, 5.41) is 6.41. The fraction of sp³-hybridized carbons (Fsp3) is 0.553. The first-order valence-electron chi connectivity index (χ1n) is 22.9. The van der Waals surface area contributed by atoms with Crippen molar-refractivity contribution in [3.05, 3.63) is 61.9 Å². The Bertz CT molecular complexity index is 2710. The topological polar surface area (TPSA) is 142 Å². The third-order valence-electron chi connectivity index (χ3n) is 15.2. The van der Waals surface area contributed by atoms with Gasteiger partial charge < -0.3 is 34.4 Å². The number of carbonyl (C=O) groups excluding carboxylic acids is 2. The number of rotatable bonds is 6. The predicted octanol–water partition coefficient (Wildman–Crippen LogP) is 6.17. The van der Waals surface area contributed by atoms with Crippen molar-refractivity contribution in [1.82, 2.24) is 34.6 Å². The van der Waals surface area contributed by atoms with Crippen LogP contribution in [0.5, 0.6) is 0 Å². The normalized spacial score (nSPS) is 23.8. The van der Waals surface area contributed by atoms with Crippen molar-refractivity contribution in [3.8, 4) is 0 Å². The molecule has 0 bridgehead atoms. The summed E-state index contributed by atoms with van der Waals surface area (Å²) in [5.74, 6) is 1.65. The fourth-order valence-corrected chi connectivity index (χ4v) is 14.3. The maximum Gasteiger partial charge on any atom is 0.226 e. The van der Waals surface area contributed by atoms with Gasteiger partial charge in [0.1, 0.15) is 33.3 Å². The quantitative estimate of drug-likeness (QED) is 0.196. The second-order valence-corrected chi connectivity index (χ2v) is 22.4. The zero-order valence-electron chi connectivity index (χ0n) is 36.4. The minimum Gasteiger partial charge on any atom is -0.380 e. The maximum absolute atomic E-state index is 13.3. The van der Waals surface area contributed by atoms with E-state index in [0.717, 1.165) is 156 Å². The van der Waals surface area contributed by atoms with E-state index < -0.39 is 0 Å². The molecule has 10 heterocycles. The number of benzene rings is 1. The van der Waals surface area contributed by atoms with E-state index in [0.29, 0.717) is 23.0 Å². The van der Waals surface area contributed by atoms with Crippen LogP contribution >= 0.6 is 34.3 Å². The van der Waals surface area contributed by atoms with Gasteiger partial charge in [-0.15, -0.1) is 22.7 Å². The summed E-state index contributed by atoms with van der Waals surface area (Å²) in [6, 6.07) is 5.20. The molecule has 6 aliphatic heterocycles. The van der Waals surface area contributed by atoms with Gasteiger partial charge in [0, 0.05) is 73.1 Å². The molecule has 13 rings (SSSR count). The number of amides is 2. The molecule has 2 spiro atoms. The summed E-state index contributed by atoms with van der Waals surface area (Å²) in [5.41, 5.74) is 7.90. The molecule has 5 fully saturated rings. The Morgan fingerprint density at radius 3 is 1.94 bits per heavy atom.